The fraction of sp³-hybridized carbons (Fsp3) is 0.571. The number of nitrogens with one attached hydrogen (secondary N) is 1. The van der Waals surface area contributed by atoms with E-state index in [0.717, 1.165) is 24.9 Å². The predicted molar refractivity (Wildman–Crippen MR) is 85.1 cm³/mol. The van der Waals surface area contributed by atoms with Gasteiger partial charge in [-0.2, -0.15) is 11.3 Å². The molecule has 5 nitrogen and oxygen atoms in total. The number of nitrogens with zero attached hydrogens (tertiary/aromatic N) is 2. The normalized spacial score (nSPS) is 22.0. The zero-order valence-corrected chi connectivity index (χ0v) is 13.4. The average Bonchev–Trinajstić information content (AvgIpc) is 3.18. The number of halogens is 1. The van der Waals surface area contributed by atoms with E-state index in [9.17, 15) is 9.59 Å². The Morgan fingerprint density at radius 1 is 1.19 bits per heavy atom. The summed E-state index contributed by atoms with van der Waals surface area (Å²) in [6.45, 7) is 3.49. The van der Waals surface area contributed by atoms with Crippen LogP contribution in [0.5, 0.6) is 0 Å². The second kappa shape index (κ2) is 7.24. The first-order valence-corrected chi connectivity index (χ1v) is 8.03. The molecule has 0 aromatic carbocycles. The van der Waals surface area contributed by atoms with E-state index in [2.05, 4.69) is 5.32 Å². The highest BCUT2D eigenvalue weighted by atomic mass is 35.5. The number of hydrogen-bond acceptors (Lipinski definition) is 4. The molecule has 3 rings (SSSR count). The smallest absolute Gasteiger partial charge is 0.254 e. The molecule has 0 spiro atoms. The number of carbonyl (C=O) groups excluding carboxylic acids is 2. The Labute approximate surface area is 134 Å². The molecule has 1 atom stereocenters. The number of hydrogen-bond donors (Lipinski definition) is 1. The molecule has 0 saturated carbocycles. The van der Waals surface area contributed by atoms with Gasteiger partial charge >= 0.3 is 0 Å². The third-order valence-corrected chi connectivity index (χ3v) is 4.69. The van der Waals surface area contributed by atoms with Gasteiger partial charge in [-0.1, -0.05) is 0 Å². The second-order valence-corrected chi connectivity index (χ2v) is 6.06. The Balaban J connectivity index is 0.00000161. The minimum atomic E-state index is -0.00544. The van der Waals surface area contributed by atoms with Gasteiger partial charge in [-0.05, 0) is 30.8 Å². The van der Waals surface area contributed by atoms with Gasteiger partial charge in [0.15, 0.2) is 0 Å². The fourth-order valence-electron chi connectivity index (χ4n) is 2.81. The topological polar surface area (TPSA) is 52.7 Å². The lowest BCUT2D eigenvalue weighted by molar-refractivity contribution is -0.134. The van der Waals surface area contributed by atoms with Crippen LogP contribution >= 0.6 is 23.7 Å². The van der Waals surface area contributed by atoms with Gasteiger partial charge in [0.05, 0.1) is 11.6 Å². The summed E-state index contributed by atoms with van der Waals surface area (Å²) < 4.78 is 0. The van der Waals surface area contributed by atoms with Gasteiger partial charge in [-0.25, -0.2) is 0 Å². The number of piperazine rings is 1. The third-order valence-electron chi connectivity index (χ3n) is 4.01. The Kier molecular flexibility index (Phi) is 5.61. The first-order chi connectivity index (χ1) is 9.75. The van der Waals surface area contributed by atoms with Crippen molar-refractivity contribution in [3.05, 3.63) is 22.4 Å². The maximum absolute atomic E-state index is 12.3. The number of thiophene rings is 1. The quantitative estimate of drug-likeness (QED) is 0.887. The predicted octanol–water partition coefficient (Wildman–Crippen LogP) is 1.21. The molecule has 1 aromatic heterocycles. The van der Waals surface area contributed by atoms with Gasteiger partial charge in [0, 0.05) is 31.6 Å². The summed E-state index contributed by atoms with van der Waals surface area (Å²) in [6.07, 6.45) is 2.01. The van der Waals surface area contributed by atoms with Crippen LogP contribution in [0.4, 0.5) is 0 Å². The molecule has 0 radical (unpaired) electrons. The minimum absolute atomic E-state index is 0. The second-order valence-electron chi connectivity index (χ2n) is 5.28. The van der Waals surface area contributed by atoms with Gasteiger partial charge in [-0.3, -0.25) is 9.59 Å². The van der Waals surface area contributed by atoms with E-state index in [1.165, 1.54) is 11.3 Å². The summed E-state index contributed by atoms with van der Waals surface area (Å²) in [4.78, 5) is 28.2. The molecule has 3 heterocycles. The Bertz CT molecular complexity index is 480. The van der Waals surface area contributed by atoms with Crippen LogP contribution in [-0.2, 0) is 4.79 Å². The molecule has 2 saturated heterocycles. The first kappa shape index (κ1) is 16.3. The lowest BCUT2D eigenvalue weighted by Crippen LogP contribution is -2.54. The monoisotopic (exact) mass is 329 g/mol. The van der Waals surface area contributed by atoms with E-state index < -0.39 is 0 Å². The van der Waals surface area contributed by atoms with Crippen molar-refractivity contribution in [2.24, 2.45) is 0 Å². The van der Waals surface area contributed by atoms with E-state index in [0.29, 0.717) is 26.2 Å². The molecule has 1 N–H and O–H groups in total. The molecular weight excluding hydrogens is 310 g/mol. The molecule has 7 heteroatoms. The Morgan fingerprint density at radius 3 is 2.48 bits per heavy atom. The highest BCUT2D eigenvalue weighted by molar-refractivity contribution is 7.08. The largest absolute Gasteiger partial charge is 0.338 e. The van der Waals surface area contributed by atoms with Crippen LogP contribution in [0.15, 0.2) is 16.8 Å². The van der Waals surface area contributed by atoms with Crippen LogP contribution in [0.2, 0.25) is 0 Å². The summed E-state index contributed by atoms with van der Waals surface area (Å²) in [5.41, 5.74) is 0.757. The lowest BCUT2D eigenvalue weighted by Gasteiger charge is -2.35. The van der Waals surface area contributed by atoms with Crippen molar-refractivity contribution in [1.29, 1.82) is 0 Å². The zero-order chi connectivity index (χ0) is 13.9. The van der Waals surface area contributed by atoms with Gasteiger partial charge in [0.25, 0.3) is 5.91 Å². The lowest BCUT2D eigenvalue weighted by atomic mass is 10.1. The van der Waals surface area contributed by atoms with Gasteiger partial charge in [0.1, 0.15) is 0 Å². The molecule has 0 aliphatic carbocycles. The van der Waals surface area contributed by atoms with Crippen molar-refractivity contribution < 1.29 is 9.59 Å². The van der Waals surface area contributed by atoms with Crippen molar-refractivity contribution in [3.8, 4) is 0 Å². The summed E-state index contributed by atoms with van der Waals surface area (Å²) in [7, 11) is 0. The van der Waals surface area contributed by atoms with Gasteiger partial charge in [0.2, 0.25) is 5.91 Å². The highest BCUT2D eigenvalue weighted by Crippen LogP contribution is 2.14. The first-order valence-electron chi connectivity index (χ1n) is 7.09. The van der Waals surface area contributed by atoms with Crippen LogP contribution in [0.3, 0.4) is 0 Å². The van der Waals surface area contributed by atoms with Crippen molar-refractivity contribution in [3.63, 3.8) is 0 Å². The molecule has 0 bridgehead atoms. The molecule has 1 aromatic rings. The van der Waals surface area contributed by atoms with Crippen LogP contribution in [0.1, 0.15) is 23.2 Å². The Hall–Kier alpha value is -1.11. The molecular formula is C14H20ClN3O2S. The van der Waals surface area contributed by atoms with Crippen LogP contribution in [0, 0.1) is 0 Å². The number of carbonyl (C=O) groups is 2. The molecule has 1 unspecified atom stereocenters. The Morgan fingerprint density at radius 2 is 1.90 bits per heavy atom. The summed E-state index contributed by atoms with van der Waals surface area (Å²) in [5, 5.41) is 7.03. The SMILES string of the molecule is Cl.O=C(c1ccsc1)N1CCN(C(=O)C2CCCN2)CC1. The number of amides is 2. The van der Waals surface area contributed by atoms with Crippen molar-refractivity contribution in [2.75, 3.05) is 32.7 Å². The van der Waals surface area contributed by atoms with Crippen molar-refractivity contribution in [1.82, 2.24) is 15.1 Å². The summed E-state index contributed by atoms with van der Waals surface area (Å²) in [5.74, 6) is 0.280. The standard InChI is InChI=1S/C14H19N3O2S.ClH/c18-13(11-3-9-20-10-11)16-5-7-17(8-6-16)14(19)12-2-1-4-15-12;/h3,9-10,12,15H,1-2,4-8H2;1H. The maximum Gasteiger partial charge on any atom is 0.254 e. The summed E-state index contributed by atoms with van der Waals surface area (Å²) >= 11 is 1.53. The minimum Gasteiger partial charge on any atom is -0.338 e. The van der Waals surface area contributed by atoms with Crippen molar-refractivity contribution >= 4 is 35.6 Å². The van der Waals surface area contributed by atoms with Crippen LogP contribution in [-0.4, -0.2) is 60.4 Å². The summed E-state index contributed by atoms with van der Waals surface area (Å²) in [6, 6.07) is 1.85. The van der Waals surface area contributed by atoms with Gasteiger partial charge in [-0.15, -0.1) is 12.4 Å². The molecule has 2 aliphatic rings. The molecule has 2 fully saturated rings. The van der Waals surface area contributed by atoms with E-state index >= 15 is 0 Å². The van der Waals surface area contributed by atoms with Crippen LogP contribution < -0.4 is 5.32 Å². The van der Waals surface area contributed by atoms with Gasteiger partial charge < -0.3 is 15.1 Å². The molecule has 2 amide bonds. The fourth-order valence-corrected chi connectivity index (χ4v) is 3.44. The highest BCUT2D eigenvalue weighted by Gasteiger charge is 2.30. The molecule has 116 valence electrons. The molecule has 2 aliphatic heterocycles. The van der Waals surface area contributed by atoms with Crippen LogP contribution in [0.25, 0.3) is 0 Å². The molecule has 21 heavy (non-hydrogen) atoms. The van der Waals surface area contributed by atoms with E-state index in [-0.39, 0.29) is 30.3 Å². The van der Waals surface area contributed by atoms with E-state index in [4.69, 9.17) is 0 Å². The van der Waals surface area contributed by atoms with E-state index in [1.54, 1.807) is 0 Å². The average molecular weight is 330 g/mol. The third kappa shape index (κ3) is 3.56. The van der Waals surface area contributed by atoms with Crippen molar-refractivity contribution in [2.45, 2.75) is 18.9 Å². The zero-order valence-electron chi connectivity index (χ0n) is 11.8. The number of rotatable bonds is 2. The van der Waals surface area contributed by atoms with E-state index in [1.807, 2.05) is 26.6 Å². The maximum atomic E-state index is 12.3.